The van der Waals surface area contributed by atoms with Gasteiger partial charge < -0.3 is 9.64 Å². The summed E-state index contributed by atoms with van der Waals surface area (Å²) in [4.78, 5) is 27.7. The SMILES string of the molecule is O=C(c1ncccc1-c1ccccn1)N1CC2CC(Oc3ccc(C(F)(F)F)cn3)C1C2. The fraction of sp³-hybridized carbons (Fsp3) is 0.304. The van der Waals surface area contributed by atoms with Gasteiger partial charge in [-0.1, -0.05) is 6.07 Å². The molecule has 6 nitrogen and oxygen atoms in total. The Balaban J connectivity index is 1.35. The fourth-order valence-corrected chi connectivity index (χ4v) is 4.54. The summed E-state index contributed by atoms with van der Waals surface area (Å²) in [5.41, 5.74) is 0.815. The van der Waals surface area contributed by atoms with Gasteiger partial charge in [0.25, 0.3) is 5.91 Å². The summed E-state index contributed by atoms with van der Waals surface area (Å²) in [5.74, 6) is 0.188. The second kappa shape index (κ2) is 7.89. The van der Waals surface area contributed by atoms with Gasteiger partial charge in [0, 0.05) is 36.8 Å². The van der Waals surface area contributed by atoms with E-state index in [9.17, 15) is 18.0 Å². The van der Waals surface area contributed by atoms with Gasteiger partial charge in [0.15, 0.2) is 0 Å². The van der Waals surface area contributed by atoms with Crippen LogP contribution >= 0.6 is 0 Å². The van der Waals surface area contributed by atoms with Crippen molar-refractivity contribution in [3.8, 4) is 17.1 Å². The Kier molecular flexibility index (Phi) is 5.03. The number of carbonyl (C=O) groups is 1. The molecule has 2 bridgehead atoms. The smallest absolute Gasteiger partial charge is 0.417 e. The molecule has 1 aliphatic heterocycles. The second-order valence-corrected chi connectivity index (χ2v) is 8.02. The van der Waals surface area contributed by atoms with Crippen molar-refractivity contribution in [2.75, 3.05) is 6.54 Å². The van der Waals surface area contributed by atoms with Crippen molar-refractivity contribution in [1.82, 2.24) is 19.9 Å². The normalized spacial score (nSPS) is 22.2. The lowest BCUT2D eigenvalue weighted by atomic mass is 10.0. The molecule has 3 unspecified atom stereocenters. The third-order valence-electron chi connectivity index (χ3n) is 5.97. The zero-order valence-electron chi connectivity index (χ0n) is 16.9. The standard InChI is InChI=1S/C23H19F3N4O2/c24-23(25,26)15-6-7-20(29-12-15)32-19-11-14-10-18(19)30(13-14)22(31)21-16(4-3-9-28-21)17-5-1-2-8-27-17/h1-9,12,14,18-19H,10-11,13H2. The number of alkyl halides is 3. The van der Waals surface area contributed by atoms with Crippen molar-refractivity contribution < 1.29 is 22.7 Å². The molecule has 4 heterocycles. The van der Waals surface area contributed by atoms with Crippen LogP contribution in [0.4, 0.5) is 13.2 Å². The van der Waals surface area contributed by atoms with Crippen LogP contribution in [0.3, 0.4) is 0 Å². The molecule has 2 fully saturated rings. The number of hydrogen-bond acceptors (Lipinski definition) is 5. The summed E-state index contributed by atoms with van der Waals surface area (Å²) >= 11 is 0. The summed E-state index contributed by atoms with van der Waals surface area (Å²) in [6.07, 6.45) is 0.732. The zero-order chi connectivity index (χ0) is 22.3. The van der Waals surface area contributed by atoms with Crippen molar-refractivity contribution in [2.24, 2.45) is 5.92 Å². The Bertz CT molecular complexity index is 1120. The van der Waals surface area contributed by atoms with E-state index >= 15 is 0 Å². The predicted molar refractivity (Wildman–Crippen MR) is 109 cm³/mol. The molecule has 3 atom stereocenters. The maximum absolute atomic E-state index is 13.4. The number of ether oxygens (including phenoxy) is 1. The van der Waals surface area contributed by atoms with Crippen LogP contribution in [0, 0.1) is 5.92 Å². The minimum Gasteiger partial charge on any atom is -0.472 e. The van der Waals surface area contributed by atoms with Crippen LogP contribution in [0.1, 0.15) is 28.9 Å². The molecule has 3 aromatic rings. The topological polar surface area (TPSA) is 68.2 Å². The zero-order valence-corrected chi connectivity index (χ0v) is 16.9. The van der Waals surface area contributed by atoms with Gasteiger partial charge in [-0.3, -0.25) is 14.8 Å². The van der Waals surface area contributed by atoms with Gasteiger partial charge in [-0.05, 0) is 49.1 Å². The minimum absolute atomic E-state index is 0.120. The van der Waals surface area contributed by atoms with E-state index in [4.69, 9.17) is 4.74 Å². The van der Waals surface area contributed by atoms with Gasteiger partial charge in [-0.2, -0.15) is 13.2 Å². The Hall–Kier alpha value is -3.49. The highest BCUT2D eigenvalue weighted by atomic mass is 19.4. The number of fused-ring (bicyclic) bond motifs is 2. The Morgan fingerprint density at radius 3 is 2.53 bits per heavy atom. The number of piperidine rings is 1. The van der Waals surface area contributed by atoms with E-state index in [2.05, 4.69) is 15.0 Å². The maximum Gasteiger partial charge on any atom is 0.417 e. The first-order valence-electron chi connectivity index (χ1n) is 10.3. The van der Waals surface area contributed by atoms with E-state index < -0.39 is 11.7 Å². The molecule has 9 heteroatoms. The molecule has 2 aliphatic rings. The van der Waals surface area contributed by atoms with Gasteiger partial charge in [0.1, 0.15) is 11.8 Å². The van der Waals surface area contributed by atoms with Gasteiger partial charge in [0.2, 0.25) is 5.88 Å². The summed E-state index contributed by atoms with van der Waals surface area (Å²) in [5, 5.41) is 0. The summed E-state index contributed by atoms with van der Waals surface area (Å²) in [6, 6.07) is 11.0. The van der Waals surface area contributed by atoms with E-state index in [0.717, 1.165) is 25.1 Å². The van der Waals surface area contributed by atoms with E-state index in [-0.39, 0.29) is 29.9 Å². The fourth-order valence-electron chi connectivity index (χ4n) is 4.54. The van der Waals surface area contributed by atoms with Crippen molar-refractivity contribution in [3.63, 3.8) is 0 Å². The number of hydrogen-bond donors (Lipinski definition) is 0. The number of likely N-dealkylation sites (tertiary alicyclic amines) is 1. The molecule has 0 radical (unpaired) electrons. The largest absolute Gasteiger partial charge is 0.472 e. The third-order valence-corrected chi connectivity index (χ3v) is 5.97. The highest BCUT2D eigenvalue weighted by Gasteiger charge is 2.49. The number of aromatic nitrogens is 3. The van der Waals surface area contributed by atoms with Gasteiger partial charge >= 0.3 is 6.18 Å². The number of nitrogens with zero attached hydrogens (tertiary/aromatic N) is 4. The molecule has 3 aromatic heterocycles. The van der Waals surface area contributed by atoms with Crippen molar-refractivity contribution in [3.05, 3.63) is 72.3 Å². The van der Waals surface area contributed by atoms with Gasteiger partial charge in [-0.25, -0.2) is 4.98 Å². The Labute approximate surface area is 182 Å². The molecule has 0 N–H and O–H groups in total. The highest BCUT2D eigenvalue weighted by molar-refractivity contribution is 5.99. The molecule has 0 aromatic carbocycles. The van der Waals surface area contributed by atoms with E-state index in [1.807, 2.05) is 18.2 Å². The lowest BCUT2D eigenvalue weighted by Gasteiger charge is -2.33. The lowest BCUT2D eigenvalue weighted by molar-refractivity contribution is -0.137. The molecule has 5 rings (SSSR count). The Morgan fingerprint density at radius 2 is 1.84 bits per heavy atom. The van der Waals surface area contributed by atoms with Crippen LogP contribution in [-0.4, -0.2) is 44.4 Å². The summed E-state index contributed by atoms with van der Waals surface area (Å²) < 4.78 is 44.2. The first-order chi connectivity index (χ1) is 15.4. The average Bonchev–Trinajstić information content (AvgIpc) is 3.40. The third kappa shape index (κ3) is 3.79. The molecule has 1 amide bonds. The molecular weight excluding hydrogens is 421 g/mol. The van der Waals surface area contributed by atoms with Crippen LogP contribution in [0.15, 0.2) is 61.1 Å². The Morgan fingerprint density at radius 1 is 1.00 bits per heavy atom. The molecular formula is C23H19F3N4O2. The number of amides is 1. The molecule has 164 valence electrons. The van der Waals surface area contributed by atoms with Gasteiger partial charge in [0.05, 0.1) is 17.3 Å². The summed E-state index contributed by atoms with van der Waals surface area (Å²) in [7, 11) is 0. The molecule has 32 heavy (non-hydrogen) atoms. The van der Waals surface area contributed by atoms with Crippen molar-refractivity contribution >= 4 is 5.91 Å². The molecule has 0 spiro atoms. The highest BCUT2D eigenvalue weighted by Crippen LogP contribution is 2.41. The molecule has 1 aliphatic carbocycles. The van der Waals surface area contributed by atoms with E-state index in [1.54, 1.807) is 29.4 Å². The number of pyridine rings is 3. The average molecular weight is 440 g/mol. The molecule has 1 saturated carbocycles. The van der Waals surface area contributed by atoms with E-state index in [1.165, 1.54) is 6.07 Å². The van der Waals surface area contributed by atoms with Crippen molar-refractivity contribution in [1.29, 1.82) is 0 Å². The van der Waals surface area contributed by atoms with Crippen LogP contribution in [0.5, 0.6) is 5.88 Å². The number of rotatable bonds is 4. The van der Waals surface area contributed by atoms with E-state index in [0.29, 0.717) is 23.5 Å². The maximum atomic E-state index is 13.4. The number of carbonyl (C=O) groups excluding carboxylic acids is 1. The molecule has 1 saturated heterocycles. The summed E-state index contributed by atoms with van der Waals surface area (Å²) in [6.45, 7) is 0.599. The van der Waals surface area contributed by atoms with Crippen molar-refractivity contribution in [2.45, 2.75) is 31.2 Å². The first kappa shape index (κ1) is 20.4. The van der Waals surface area contributed by atoms with Crippen LogP contribution < -0.4 is 4.74 Å². The van der Waals surface area contributed by atoms with Gasteiger partial charge in [-0.15, -0.1) is 0 Å². The first-order valence-corrected chi connectivity index (χ1v) is 10.3. The number of halogens is 3. The minimum atomic E-state index is -4.45. The predicted octanol–water partition coefficient (Wildman–Crippen LogP) is 4.24. The van der Waals surface area contributed by atoms with Crippen LogP contribution in [-0.2, 0) is 6.18 Å². The second-order valence-electron chi connectivity index (χ2n) is 8.02. The lowest BCUT2D eigenvalue weighted by Crippen LogP contribution is -2.47. The van der Waals surface area contributed by atoms with Crippen LogP contribution in [0.2, 0.25) is 0 Å². The monoisotopic (exact) mass is 440 g/mol. The van der Waals surface area contributed by atoms with Crippen LogP contribution in [0.25, 0.3) is 11.3 Å². The quantitative estimate of drug-likeness (QED) is 0.607.